The Bertz CT molecular complexity index is 287. The van der Waals surface area contributed by atoms with E-state index in [1.165, 1.54) is 12.8 Å². The van der Waals surface area contributed by atoms with Gasteiger partial charge in [0.2, 0.25) is 5.91 Å². The number of nitrogens with zero attached hydrogens (tertiary/aromatic N) is 2. The molecular formula is C14H27N3O. The number of carbonyl (C=O) groups excluding carboxylic acids is 1. The quantitative estimate of drug-likeness (QED) is 0.814. The molecule has 0 aromatic carbocycles. The van der Waals surface area contributed by atoms with E-state index >= 15 is 0 Å². The fraction of sp³-hybridized carbons (Fsp3) is 0.929. The van der Waals surface area contributed by atoms with Crippen molar-refractivity contribution in [2.75, 3.05) is 26.2 Å². The predicted octanol–water partition coefficient (Wildman–Crippen LogP) is 1.07. The van der Waals surface area contributed by atoms with Crippen molar-refractivity contribution in [2.45, 2.75) is 58.2 Å². The Morgan fingerprint density at radius 2 is 1.83 bits per heavy atom. The zero-order valence-electron chi connectivity index (χ0n) is 12.0. The van der Waals surface area contributed by atoms with Gasteiger partial charge in [-0.3, -0.25) is 9.69 Å². The minimum absolute atomic E-state index is 0.0276. The zero-order chi connectivity index (χ0) is 13.1. The van der Waals surface area contributed by atoms with Crippen LogP contribution in [-0.2, 0) is 4.79 Å². The van der Waals surface area contributed by atoms with E-state index in [2.05, 4.69) is 24.1 Å². The Morgan fingerprint density at radius 1 is 1.17 bits per heavy atom. The van der Waals surface area contributed by atoms with Crippen LogP contribution in [0.25, 0.3) is 0 Å². The summed E-state index contributed by atoms with van der Waals surface area (Å²) in [5.41, 5.74) is 0. The van der Waals surface area contributed by atoms with Crippen LogP contribution in [0.15, 0.2) is 0 Å². The van der Waals surface area contributed by atoms with Gasteiger partial charge in [-0.05, 0) is 46.6 Å². The normalized spacial score (nSPS) is 27.1. The molecule has 1 N–H and O–H groups in total. The number of rotatable bonds is 4. The Balaban J connectivity index is 1.77. The van der Waals surface area contributed by atoms with E-state index in [1.807, 2.05) is 11.8 Å². The van der Waals surface area contributed by atoms with Crippen molar-refractivity contribution < 1.29 is 4.79 Å². The summed E-state index contributed by atoms with van der Waals surface area (Å²) in [6.07, 6.45) is 3.50. The zero-order valence-corrected chi connectivity index (χ0v) is 12.0. The molecule has 0 radical (unpaired) electrons. The lowest BCUT2D eigenvalue weighted by Crippen LogP contribution is -2.48. The average molecular weight is 253 g/mol. The number of likely N-dealkylation sites (tertiary alicyclic amines) is 2. The SMILES string of the molecule is CC(NC1CCN(C(C)C)C1)C(=O)N1CCCC1. The minimum atomic E-state index is -0.0276. The Kier molecular flexibility index (Phi) is 4.62. The topological polar surface area (TPSA) is 35.6 Å². The van der Waals surface area contributed by atoms with Crippen LogP contribution in [0.3, 0.4) is 0 Å². The van der Waals surface area contributed by atoms with Crippen molar-refractivity contribution >= 4 is 5.91 Å². The van der Waals surface area contributed by atoms with Crippen molar-refractivity contribution in [3.63, 3.8) is 0 Å². The second kappa shape index (κ2) is 6.02. The summed E-state index contributed by atoms with van der Waals surface area (Å²) in [5.74, 6) is 0.287. The van der Waals surface area contributed by atoms with Gasteiger partial charge in [0.25, 0.3) is 0 Å². The first-order valence-electron chi connectivity index (χ1n) is 7.37. The van der Waals surface area contributed by atoms with Gasteiger partial charge in [-0.15, -0.1) is 0 Å². The van der Waals surface area contributed by atoms with E-state index in [-0.39, 0.29) is 11.9 Å². The molecule has 2 fully saturated rings. The third-order valence-electron chi connectivity index (χ3n) is 4.22. The molecule has 18 heavy (non-hydrogen) atoms. The summed E-state index contributed by atoms with van der Waals surface area (Å²) in [6, 6.07) is 1.07. The van der Waals surface area contributed by atoms with E-state index < -0.39 is 0 Å². The van der Waals surface area contributed by atoms with Gasteiger partial charge in [0, 0.05) is 31.7 Å². The molecule has 2 atom stereocenters. The van der Waals surface area contributed by atoms with Crippen LogP contribution in [-0.4, -0.2) is 60.0 Å². The van der Waals surface area contributed by atoms with Crippen LogP contribution in [0.4, 0.5) is 0 Å². The molecule has 2 aliphatic heterocycles. The number of amides is 1. The molecule has 0 saturated carbocycles. The van der Waals surface area contributed by atoms with E-state index in [4.69, 9.17) is 0 Å². The van der Waals surface area contributed by atoms with Crippen LogP contribution in [0.2, 0.25) is 0 Å². The van der Waals surface area contributed by atoms with E-state index in [0.717, 1.165) is 32.6 Å². The van der Waals surface area contributed by atoms with Crippen molar-refractivity contribution in [1.82, 2.24) is 15.1 Å². The van der Waals surface area contributed by atoms with E-state index in [1.54, 1.807) is 0 Å². The summed E-state index contributed by atoms with van der Waals surface area (Å²) < 4.78 is 0. The highest BCUT2D eigenvalue weighted by atomic mass is 16.2. The molecule has 2 rings (SSSR count). The number of nitrogens with one attached hydrogen (secondary N) is 1. The first kappa shape index (κ1) is 13.8. The fourth-order valence-corrected chi connectivity index (χ4v) is 3.03. The molecular weight excluding hydrogens is 226 g/mol. The highest BCUT2D eigenvalue weighted by Crippen LogP contribution is 2.14. The molecule has 2 unspecified atom stereocenters. The fourth-order valence-electron chi connectivity index (χ4n) is 3.03. The van der Waals surface area contributed by atoms with Gasteiger partial charge < -0.3 is 10.2 Å². The molecule has 2 saturated heterocycles. The first-order valence-corrected chi connectivity index (χ1v) is 7.37. The molecule has 4 nitrogen and oxygen atoms in total. The van der Waals surface area contributed by atoms with Crippen LogP contribution in [0.1, 0.15) is 40.0 Å². The lowest BCUT2D eigenvalue weighted by atomic mass is 10.2. The third kappa shape index (κ3) is 3.23. The standard InChI is InChI=1S/C14H27N3O/c1-11(2)17-9-6-13(10-17)15-12(3)14(18)16-7-4-5-8-16/h11-13,15H,4-10H2,1-3H3. The van der Waals surface area contributed by atoms with Crippen LogP contribution in [0, 0.1) is 0 Å². The van der Waals surface area contributed by atoms with Crippen molar-refractivity contribution in [1.29, 1.82) is 0 Å². The maximum absolute atomic E-state index is 12.2. The van der Waals surface area contributed by atoms with Gasteiger partial charge in [0.05, 0.1) is 6.04 Å². The molecule has 2 heterocycles. The van der Waals surface area contributed by atoms with Gasteiger partial charge in [-0.1, -0.05) is 0 Å². The summed E-state index contributed by atoms with van der Waals surface area (Å²) >= 11 is 0. The van der Waals surface area contributed by atoms with Gasteiger partial charge in [-0.25, -0.2) is 0 Å². The molecule has 2 aliphatic rings. The van der Waals surface area contributed by atoms with Gasteiger partial charge in [0.1, 0.15) is 0 Å². The molecule has 0 aromatic rings. The van der Waals surface area contributed by atoms with E-state index in [0.29, 0.717) is 12.1 Å². The first-order chi connectivity index (χ1) is 8.58. The summed E-state index contributed by atoms with van der Waals surface area (Å²) in [5, 5.41) is 3.51. The Morgan fingerprint density at radius 3 is 2.39 bits per heavy atom. The third-order valence-corrected chi connectivity index (χ3v) is 4.22. The summed E-state index contributed by atoms with van der Waals surface area (Å²) in [7, 11) is 0. The molecule has 0 bridgehead atoms. The van der Waals surface area contributed by atoms with Crippen molar-refractivity contribution in [2.24, 2.45) is 0 Å². The van der Waals surface area contributed by atoms with Crippen LogP contribution < -0.4 is 5.32 Å². The number of hydrogen-bond acceptors (Lipinski definition) is 3. The van der Waals surface area contributed by atoms with Crippen LogP contribution >= 0.6 is 0 Å². The molecule has 0 aromatic heterocycles. The second-order valence-electron chi connectivity index (χ2n) is 6.00. The lowest BCUT2D eigenvalue weighted by Gasteiger charge is -2.25. The number of hydrogen-bond donors (Lipinski definition) is 1. The monoisotopic (exact) mass is 253 g/mol. The molecule has 104 valence electrons. The minimum Gasteiger partial charge on any atom is -0.341 e. The second-order valence-corrected chi connectivity index (χ2v) is 6.00. The van der Waals surface area contributed by atoms with Crippen molar-refractivity contribution in [3.05, 3.63) is 0 Å². The predicted molar refractivity (Wildman–Crippen MR) is 73.5 cm³/mol. The Labute approximate surface area is 111 Å². The van der Waals surface area contributed by atoms with Crippen LogP contribution in [0.5, 0.6) is 0 Å². The maximum atomic E-state index is 12.2. The average Bonchev–Trinajstić information content (AvgIpc) is 2.98. The Hall–Kier alpha value is -0.610. The lowest BCUT2D eigenvalue weighted by molar-refractivity contribution is -0.132. The number of carbonyl (C=O) groups is 1. The molecule has 1 amide bonds. The molecule has 4 heteroatoms. The maximum Gasteiger partial charge on any atom is 0.239 e. The van der Waals surface area contributed by atoms with Gasteiger partial charge >= 0.3 is 0 Å². The highest BCUT2D eigenvalue weighted by Gasteiger charge is 2.29. The summed E-state index contributed by atoms with van der Waals surface area (Å²) in [6.45, 7) is 10.6. The largest absolute Gasteiger partial charge is 0.341 e. The van der Waals surface area contributed by atoms with Crippen molar-refractivity contribution in [3.8, 4) is 0 Å². The molecule has 0 spiro atoms. The molecule has 0 aliphatic carbocycles. The van der Waals surface area contributed by atoms with Gasteiger partial charge in [0.15, 0.2) is 0 Å². The highest BCUT2D eigenvalue weighted by molar-refractivity contribution is 5.81. The van der Waals surface area contributed by atoms with Gasteiger partial charge in [-0.2, -0.15) is 0 Å². The van der Waals surface area contributed by atoms with E-state index in [9.17, 15) is 4.79 Å². The smallest absolute Gasteiger partial charge is 0.239 e. The summed E-state index contributed by atoms with van der Waals surface area (Å²) in [4.78, 5) is 16.7.